The quantitative estimate of drug-likeness (QED) is 0.409. The molecule has 0 heterocycles. The van der Waals surface area contributed by atoms with E-state index in [0.29, 0.717) is 0 Å². The maximum atomic E-state index is 11.4. The van der Waals surface area contributed by atoms with E-state index in [4.69, 9.17) is 9.84 Å². The second-order valence-corrected chi connectivity index (χ2v) is 5.16. The van der Waals surface area contributed by atoms with E-state index in [1.807, 2.05) is 0 Å². The maximum absolute atomic E-state index is 11.4. The third kappa shape index (κ3) is 6.07. The van der Waals surface area contributed by atoms with Gasteiger partial charge in [0.2, 0.25) is 0 Å². The molecule has 0 aromatic heterocycles. The average Bonchev–Trinajstić information content (AvgIpc) is 2.11. The Labute approximate surface area is 106 Å². The zero-order valence-corrected chi connectivity index (χ0v) is 11.2. The molecular weight excluding hydrogens is 242 g/mol. The Balaban J connectivity index is 4.70. The van der Waals surface area contributed by atoms with Crippen molar-refractivity contribution < 1.29 is 19.4 Å². The topological polar surface area (TPSA) is 75.6 Å². The summed E-state index contributed by atoms with van der Waals surface area (Å²) in [7, 11) is 0. The van der Waals surface area contributed by atoms with Crippen molar-refractivity contribution in [3.05, 3.63) is 0 Å². The van der Waals surface area contributed by atoms with E-state index in [9.17, 15) is 9.59 Å². The SMILES string of the molecule is CC#CCC(S)(NC(=O)OC(C)(C)C)C(=O)O. The second kappa shape index (κ2) is 5.82. The van der Waals surface area contributed by atoms with Crippen molar-refractivity contribution in [3.63, 3.8) is 0 Å². The lowest BCUT2D eigenvalue weighted by molar-refractivity contribution is -0.140. The van der Waals surface area contributed by atoms with Gasteiger partial charge in [-0.2, -0.15) is 0 Å². The predicted molar refractivity (Wildman–Crippen MR) is 66.8 cm³/mol. The lowest BCUT2D eigenvalue weighted by Gasteiger charge is -2.26. The molecule has 1 amide bonds. The Morgan fingerprint density at radius 1 is 1.41 bits per heavy atom. The van der Waals surface area contributed by atoms with Crippen molar-refractivity contribution in [2.24, 2.45) is 0 Å². The first-order chi connectivity index (χ1) is 7.60. The number of carbonyl (C=O) groups is 2. The van der Waals surface area contributed by atoms with Gasteiger partial charge < -0.3 is 9.84 Å². The van der Waals surface area contributed by atoms with Gasteiger partial charge in [-0.1, -0.05) is 5.92 Å². The standard InChI is InChI=1S/C11H17NO4S/c1-5-6-7-11(17,8(13)14)12-9(15)16-10(2,3)4/h17H,7H2,1-4H3,(H,12,15)(H,13,14). The molecule has 2 N–H and O–H groups in total. The van der Waals surface area contributed by atoms with Gasteiger partial charge in [0, 0.05) is 0 Å². The fraction of sp³-hybridized carbons (Fsp3) is 0.636. The van der Waals surface area contributed by atoms with Gasteiger partial charge >= 0.3 is 12.1 Å². The van der Waals surface area contributed by atoms with Crippen LogP contribution in [0.3, 0.4) is 0 Å². The van der Waals surface area contributed by atoms with Gasteiger partial charge in [-0.25, -0.2) is 9.59 Å². The first kappa shape index (κ1) is 15.7. The van der Waals surface area contributed by atoms with E-state index in [1.165, 1.54) is 0 Å². The van der Waals surface area contributed by atoms with E-state index in [2.05, 4.69) is 29.8 Å². The van der Waals surface area contributed by atoms with Crippen LogP contribution in [0, 0.1) is 11.8 Å². The highest BCUT2D eigenvalue weighted by Gasteiger charge is 2.37. The molecule has 0 fully saturated rings. The summed E-state index contributed by atoms with van der Waals surface area (Å²) >= 11 is 3.92. The van der Waals surface area contributed by atoms with Crippen LogP contribution in [0.5, 0.6) is 0 Å². The molecule has 6 heteroatoms. The molecular formula is C11H17NO4S. The Morgan fingerprint density at radius 3 is 2.29 bits per heavy atom. The number of aliphatic carboxylic acids is 1. The lowest BCUT2D eigenvalue weighted by Crippen LogP contribution is -2.51. The van der Waals surface area contributed by atoms with Crippen molar-refractivity contribution in [3.8, 4) is 11.8 Å². The normalized spacial score (nSPS) is 13.9. The zero-order valence-electron chi connectivity index (χ0n) is 10.3. The summed E-state index contributed by atoms with van der Waals surface area (Å²) in [5.41, 5.74) is -0.701. The smallest absolute Gasteiger partial charge is 0.409 e. The zero-order chi connectivity index (χ0) is 13.7. The molecule has 96 valence electrons. The van der Waals surface area contributed by atoms with Crippen molar-refractivity contribution in [1.82, 2.24) is 5.32 Å². The largest absolute Gasteiger partial charge is 0.479 e. The maximum Gasteiger partial charge on any atom is 0.409 e. The van der Waals surface area contributed by atoms with E-state index >= 15 is 0 Å². The predicted octanol–water partition coefficient (Wildman–Crippen LogP) is 1.64. The van der Waals surface area contributed by atoms with E-state index in [-0.39, 0.29) is 6.42 Å². The number of hydrogen-bond donors (Lipinski definition) is 3. The van der Waals surface area contributed by atoms with Gasteiger partial charge in [0.05, 0.1) is 6.42 Å². The molecule has 0 aromatic rings. The number of carboxylic acids is 1. The first-order valence-electron chi connectivity index (χ1n) is 4.97. The summed E-state index contributed by atoms with van der Waals surface area (Å²) in [6.07, 6.45) is -0.950. The number of ether oxygens (including phenoxy) is 1. The van der Waals surface area contributed by atoms with Gasteiger partial charge in [-0.3, -0.25) is 5.32 Å². The second-order valence-electron chi connectivity index (χ2n) is 4.40. The molecule has 0 saturated heterocycles. The number of carbonyl (C=O) groups excluding carboxylic acids is 1. The van der Waals surface area contributed by atoms with Gasteiger partial charge in [0.1, 0.15) is 5.60 Å². The highest BCUT2D eigenvalue weighted by Crippen LogP contribution is 2.17. The minimum atomic E-state index is -1.74. The molecule has 0 aliphatic carbocycles. The summed E-state index contributed by atoms with van der Waals surface area (Å²) in [6, 6.07) is 0. The van der Waals surface area contributed by atoms with Gasteiger partial charge in [0.15, 0.2) is 4.87 Å². The third-order valence-corrected chi connectivity index (χ3v) is 2.04. The number of hydrogen-bond acceptors (Lipinski definition) is 4. The molecule has 1 unspecified atom stereocenters. The summed E-state index contributed by atoms with van der Waals surface area (Å²) < 4.78 is 4.95. The number of rotatable bonds is 3. The van der Waals surface area contributed by atoms with Gasteiger partial charge in [0.25, 0.3) is 0 Å². The van der Waals surface area contributed by atoms with Crippen LogP contribution >= 0.6 is 12.6 Å². The highest BCUT2D eigenvalue weighted by molar-refractivity contribution is 7.82. The van der Waals surface area contributed by atoms with E-state index in [0.717, 1.165) is 0 Å². The van der Waals surface area contributed by atoms with Crippen molar-refractivity contribution >= 4 is 24.7 Å². The third-order valence-electron chi connectivity index (χ3n) is 1.58. The number of nitrogens with one attached hydrogen (secondary N) is 1. The van der Waals surface area contributed by atoms with Crippen LogP contribution in [0.15, 0.2) is 0 Å². The van der Waals surface area contributed by atoms with Crippen LogP contribution in [0.1, 0.15) is 34.1 Å². The molecule has 0 aliphatic heterocycles. The van der Waals surface area contributed by atoms with Crippen LogP contribution in [-0.4, -0.2) is 27.6 Å². The highest BCUT2D eigenvalue weighted by atomic mass is 32.1. The first-order valence-corrected chi connectivity index (χ1v) is 5.42. The summed E-state index contributed by atoms with van der Waals surface area (Å²) in [4.78, 5) is 20.7. The minimum Gasteiger partial charge on any atom is -0.479 e. The Morgan fingerprint density at radius 2 is 1.94 bits per heavy atom. The Kier molecular flexibility index (Phi) is 5.36. The number of thiol groups is 1. The van der Waals surface area contributed by atoms with E-state index < -0.39 is 22.5 Å². The fourth-order valence-corrected chi connectivity index (χ4v) is 1.03. The van der Waals surface area contributed by atoms with Crippen LogP contribution in [0.4, 0.5) is 4.79 Å². The van der Waals surface area contributed by atoms with Crippen LogP contribution in [0.25, 0.3) is 0 Å². The molecule has 17 heavy (non-hydrogen) atoms. The van der Waals surface area contributed by atoms with E-state index in [1.54, 1.807) is 27.7 Å². The summed E-state index contributed by atoms with van der Waals surface area (Å²) in [6.45, 7) is 6.61. The van der Waals surface area contributed by atoms with Gasteiger partial charge in [-0.15, -0.1) is 18.5 Å². The number of amides is 1. The lowest BCUT2D eigenvalue weighted by atomic mass is 10.2. The molecule has 0 radical (unpaired) electrons. The minimum absolute atomic E-state index is 0.110. The Bertz CT molecular complexity index is 364. The van der Waals surface area contributed by atoms with Crippen molar-refractivity contribution in [2.75, 3.05) is 0 Å². The average molecular weight is 259 g/mol. The molecule has 0 saturated carbocycles. The van der Waals surface area contributed by atoms with Crippen molar-refractivity contribution in [2.45, 2.75) is 44.6 Å². The molecule has 0 spiro atoms. The Hall–Kier alpha value is -1.35. The van der Waals surface area contributed by atoms with Gasteiger partial charge in [-0.05, 0) is 27.7 Å². The van der Waals surface area contributed by atoms with Crippen LogP contribution in [-0.2, 0) is 9.53 Å². The molecule has 0 bridgehead atoms. The molecule has 1 atom stereocenters. The fourth-order valence-electron chi connectivity index (χ4n) is 0.862. The summed E-state index contributed by atoms with van der Waals surface area (Å²) in [5, 5.41) is 11.2. The monoisotopic (exact) mass is 259 g/mol. The summed E-state index contributed by atoms with van der Waals surface area (Å²) in [5.74, 6) is 3.82. The number of alkyl carbamates (subject to hydrolysis) is 1. The number of carboxylic acid groups (broad SMARTS) is 1. The molecule has 0 aliphatic rings. The molecule has 5 nitrogen and oxygen atoms in total. The molecule has 0 aromatic carbocycles. The van der Waals surface area contributed by atoms with Crippen LogP contribution < -0.4 is 5.32 Å². The molecule has 0 rings (SSSR count). The van der Waals surface area contributed by atoms with Crippen LogP contribution in [0.2, 0.25) is 0 Å². The van der Waals surface area contributed by atoms with Crippen molar-refractivity contribution in [1.29, 1.82) is 0 Å².